The van der Waals surface area contributed by atoms with Crippen LogP contribution in [0.3, 0.4) is 0 Å². The Labute approximate surface area is 240 Å². The number of rotatable bonds is 10. The summed E-state index contributed by atoms with van der Waals surface area (Å²) in [5.41, 5.74) is 3.39. The fourth-order valence-corrected chi connectivity index (χ4v) is 5.30. The van der Waals surface area contributed by atoms with Crippen LogP contribution in [0.1, 0.15) is 34.1 Å². The fourth-order valence-electron chi connectivity index (χ4n) is 5.30. The summed E-state index contributed by atoms with van der Waals surface area (Å²) in [5, 5.41) is 14.0. The third-order valence-corrected chi connectivity index (χ3v) is 7.81. The summed E-state index contributed by atoms with van der Waals surface area (Å²) in [6.07, 6.45) is 0. The number of benzene rings is 3. The lowest BCUT2D eigenvalue weighted by Crippen LogP contribution is -2.63. The van der Waals surface area contributed by atoms with Crippen molar-refractivity contribution in [2.45, 2.75) is 32.5 Å². The van der Waals surface area contributed by atoms with Crippen LogP contribution in [-0.2, 0) is 17.9 Å². The average Bonchev–Trinajstić information content (AvgIpc) is 2.99. The van der Waals surface area contributed by atoms with Gasteiger partial charge in [-0.05, 0) is 55.8 Å². The molecule has 0 bridgehead atoms. The Kier molecular flexibility index (Phi) is 8.61. The Morgan fingerprint density at radius 3 is 2.34 bits per heavy atom. The average molecular weight is 553 g/mol. The van der Waals surface area contributed by atoms with Gasteiger partial charge in [0.2, 0.25) is 0 Å². The predicted octanol–water partition coefficient (Wildman–Crippen LogP) is 4.51. The molecule has 1 amide bonds. The highest BCUT2D eigenvalue weighted by molar-refractivity contribution is 5.94. The number of aryl methyl sites for hydroxylation is 1. The second-order valence-corrected chi connectivity index (χ2v) is 10.8. The molecule has 8 nitrogen and oxygen atoms in total. The first kappa shape index (κ1) is 28.3. The van der Waals surface area contributed by atoms with Gasteiger partial charge in [-0.1, -0.05) is 48.5 Å². The van der Waals surface area contributed by atoms with E-state index >= 15 is 0 Å². The first-order chi connectivity index (χ1) is 19.8. The number of nitrogens with one attached hydrogen (secondary N) is 1. The number of pyridine rings is 1. The van der Waals surface area contributed by atoms with Crippen molar-refractivity contribution < 1.29 is 19.4 Å². The second-order valence-electron chi connectivity index (χ2n) is 10.8. The first-order valence-corrected chi connectivity index (χ1v) is 13.9. The van der Waals surface area contributed by atoms with Crippen LogP contribution in [0.25, 0.3) is 10.9 Å². The number of para-hydroxylation sites is 1. The lowest BCUT2D eigenvalue weighted by Gasteiger charge is -2.43. The lowest BCUT2D eigenvalue weighted by molar-refractivity contribution is -0.151. The summed E-state index contributed by atoms with van der Waals surface area (Å²) in [6.45, 7) is 7.64. The fraction of sp³-hybridized carbons (Fsp3) is 0.303. The number of carbonyl (C=O) groups is 2. The number of aliphatic carboxylic acids is 1. The molecular formula is C33H36N4O4. The SMILES string of the molecule is Cc1cc(COc2ccc(C(=O)NC[C@@](C)(C(=O)O)N3CCN(Cc4ccccc4)CC3)cc2)c2ccccc2n1. The maximum absolute atomic E-state index is 12.9. The summed E-state index contributed by atoms with van der Waals surface area (Å²) >= 11 is 0. The van der Waals surface area contributed by atoms with Crippen molar-refractivity contribution in [3.8, 4) is 5.75 Å². The second kappa shape index (κ2) is 12.5. The molecule has 2 N–H and O–H groups in total. The lowest BCUT2D eigenvalue weighted by atomic mass is 9.98. The third kappa shape index (κ3) is 6.73. The normalized spacial score (nSPS) is 15.8. The van der Waals surface area contributed by atoms with Gasteiger partial charge < -0.3 is 15.2 Å². The van der Waals surface area contributed by atoms with Crippen molar-refractivity contribution in [1.82, 2.24) is 20.1 Å². The van der Waals surface area contributed by atoms with Crippen molar-refractivity contribution in [3.63, 3.8) is 0 Å². The molecule has 0 saturated carbocycles. The molecule has 1 aliphatic heterocycles. The van der Waals surface area contributed by atoms with E-state index in [0.29, 0.717) is 31.0 Å². The number of nitrogens with zero attached hydrogens (tertiary/aromatic N) is 3. The van der Waals surface area contributed by atoms with Gasteiger partial charge in [-0.2, -0.15) is 0 Å². The number of hydrogen-bond acceptors (Lipinski definition) is 6. The topological polar surface area (TPSA) is 95.0 Å². The molecule has 2 heterocycles. The Bertz CT molecular complexity index is 1500. The molecular weight excluding hydrogens is 516 g/mol. The van der Waals surface area contributed by atoms with Crippen molar-refractivity contribution in [1.29, 1.82) is 0 Å². The highest BCUT2D eigenvalue weighted by atomic mass is 16.5. The van der Waals surface area contributed by atoms with Crippen LogP contribution >= 0.6 is 0 Å². The van der Waals surface area contributed by atoms with E-state index in [-0.39, 0.29) is 12.5 Å². The summed E-state index contributed by atoms with van der Waals surface area (Å²) in [7, 11) is 0. The van der Waals surface area contributed by atoms with E-state index in [0.717, 1.165) is 41.8 Å². The Balaban J connectivity index is 1.15. The number of ether oxygens (including phenoxy) is 1. The predicted molar refractivity (Wildman–Crippen MR) is 159 cm³/mol. The third-order valence-electron chi connectivity index (χ3n) is 7.81. The molecule has 0 unspecified atom stereocenters. The molecule has 212 valence electrons. The molecule has 5 rings (SSSR count). The number of fused-ring (bicyclic) bond motifs is 1. The zero-order valence-corrected chi connectivity index (χ0v) is 23.5. The zero-order chi connectivity index (χ0) is 28.8. The van der Waals surface area contributed by atoms with Crippen LogP contribution < -0.4 is 10.1 Å². The van der Waals surface area contributed by atoms with Crippen molar-refractivity contribution >= 4 is 22.8 Å². The van der Waals surface area contributed by atoms with E-state index in [1.165, 1.54) is 5.56 Å². The molecule has 8 heteroatoms. The van der Waals surface area contributed by atoms with Crippen LogP contribution in [0, 0.1) is 6.92 Å². The smallest absolute Gasteiger partial charge is 0.325 e. The molecule has 41 heavy (non-hydrogen) atoms. The maximum Gasteiger partial charge on any atom is 0.325 e. The van der Waals surface area contributed by atoms with Crippen LogP contribution in [-0.4, -0.2) is 70.0 Å². The highest BCUT2D eigenvalue weighted by Crippen LogP contribution is 2.22. The van der Waals surface area contributed by atoms with Gasteiger partial charge in [0.05, 0.1) is 5.52 Å². The van der Waals surface area contributed by atoms with Gasteiger partial charge in [-0.3, -0.25) is 24.4 Å². The number of aromatic nitrogens is 1. The molecule has 1 fully saturated rings. The quantitative estimate of drug-likeness (QED) is 0.299. The molecule has 3 aromatic carbocycles. The van der Waals surface area contributed by atoms with Crippen LogP contribution in [0.15, 0.2) is 84.9 Å². The molecule has 1 saturated heterocycles. The highest BCUT2D eigenvalue weighted by Gasteiger charge is 2.41. The van der Waals surface area contributed by atoms with Gasteiger partial charge in [-0.15, -0.1) is 0 Å². The van der Waals surface area contributed by atoms with Gasteiger partial charge in [0.25, 0.3) is 5.91 Å². The van der Waals surface area contributed by atoms with E-state index in [1.807, 2.05) is 60.4 Å². The zero-order valence-electron chi connectivity index (χ0n) is 23.5. The largest absolute Gasteiger partial charge is 0.489 e. The minimum atomic E-state index is -1.21. The van der Waals surface area contributed by atoms with Gasteiger partial charge in [0.15, 0.2) is 0 Å². The van der Waals surface area contributed by atoms with E-state index in [2.05, 4.69) is 27.3 Å². The molecule has 1 atom stereocenters. The van der Waals surface area contributed by atoms with E-state index < -0.39 is 11.5 Å². The molecule has 1 aliphatic rings. The number of hydrogen-bond donors (Lipinski definition) is 2. The Morgan fingerprint density at radius 1 is 0.951 bits per heavy atom. The summed E-state index contributed by atoms with van der Waals surface area (Å²) in [6, 6.07) is 27.2. The number of amides is 1. The van der Waals surface area contributed by atoms with Crippen molar-refractivity contribution in [2.24, 2.45) is 0 Å². The minimum Gasteiger partial charge on any atom is -0.489 e. The van der Waals surface area contributed by atoms with E-state index in [4.69, 9.17) is 4.74 Å². The van der Waals surface area contributed by atoms with Crippen LogP contribution in [0.2, 0.25) is 0 Å². The van der Waals surface area contributed by atoms with Crippen LogP contribution in [0.5, 0.6) is 5.75 Å². The van der Waals surface area contributed by atoms with Gasteiger partial charge in [-0.25, -0.2) is 0 Å². The van der Waals surface area contributed by atoms with E-state index in [9.17, 15) is 14.7 Å². The summed E-state index contributed by atoms with van der Waals surface area (Å²) in [5.74, 6) is -0.622. The van der Waals surface area contributed by atoms with Gasteiger partial charge >= 0.3 is 5.97 Å². The number of carbonyl (C=O) groups excluding carboxylic acids is 1. The molecule has 4 aromatic rings. The van der Waals surface area contributed by atoms with Crippen molar-refractivity contribution in [2.75, 3.05) is 32.7 Å². The Hall–Kier alpha value is -4.27. The maximum atomic E-state index is 12.9. The van der Waals surface area contributed by atoms with Gasteiger partial charge in [0.1, 0.15) is 17.9 Å². The van der Waals surface area contributed by atoms with E-state index in [1.54, 1.807) is 31.2 Å². The van der Waals surface area contributed by atoms with Crippen molar-refractivity contribution in [3.05, 3.63) is 107 Å². The molecule has 0 radical (unpaired) electrons. The summed E-state index contributed by atoms with van der Waals surface area (Å²) < 4.78 is 6.01. The monoisotopic (exact) mass is 552 g/mol. The number of piperazine rings is 1. The number of carboxylic acid groups (broad SMARTS) is 1. The standard InChI is InChI=1S/C33H36N4O4/c1-24-20-27(29-10-6-7-11-30(29)35-24)22-41-28-14-12-26(13-15-28)31(38)34-23-33(2,32(39)40)37-18-16-36(17-19-37)21-25-8-4-3-5-9-25/h3-15,20H,16-19,21-23H2,1-2H3,(H,34,38)(H,39,40)/t33-/m0/s1. The van der Waals surface area contributed by atoms with Crippen LogP contribution in [0.4, 0.5) is 0 Å². The Morgan fingerprint density at radius 2 is 1.63 bits per heavy atom. The number of carboxylic acids is 1. The molecule has 0 spiro atoms. The van der Waals surface area contributed by atoms with Gasteiger partial charge in [0, 0.05) is 61.5 Å². The molecule has 0 aliphatic carbocycles. The minimum absolute atomic E-state index is 0.00652. The molecule has 1 aromatic heterocycles. The first-order valence-electron chi connectivity index (χ1n) is 13.9. The summed E-state index contributed by atoms with van der Waals surface area (Å²) in [4.78, 5) is 34.2.